The molecule has 4 nitrogen and oxygen atoms in total. The molecule has 0 saturated heterocycles. The highest BCUT2D eigenvalue weighted by molar-refractivity contribution is 9.10. The molecule has 0 unspecified atom stereocenters. The van der Waals surface area contributed by atoms with Gasteiger partial charge in [-0.1, -0.05) is 36.7 Å². The van der Waals surface area contributed by atoms with Crippen LogP contribution in [0.4, 0.5) is 5.69 Å². The molecule has 0 aliphatic rings. The molecule has 2 rings (SSSR count). The first-order valence-corrected chi connectivity index (χ1v) is 6.06. The fourth-order valence-corrected chi connectivity index (χ4v) is 1.74. The number of rotatable bonds is 1. The average Bonchev–Trinajstić information content (AvgIpc) is 2.65. The van der Waals surface area contributed by atoms with Crippen LogP contribution in [0.3, 0.4) is 0 Å². The van der Waals surface area contributed by atoms with Gasteiger partial charge in [0.1, 0.15) is 0 Å². The topological polar surface area (TPSA) is 64.9 Å². The summed E-state index contributed by atoms with van der Waals surface area (Å²) in [4.78, 5) is 0. The Morgan fingerprint density at radius 2 is 1.94 bits per heavy atom. The van der Waals surface area contributed by atoms with E-state index in [-0.39, 0.29) is 5.41 Å². The van der Waals surface area contributed by atoms with Crippen LogP contribution in [-0.2, 0) is 5.41 Å². The van der Waals surface area contributed by atoms with Crippen molar-refractivity contribution in [1.29, 1.82) is 0 Å². The molecule has 0 amide bonds. The zero-order valence-corrected chi connectivity index (χ0v) is 11.6. The van der Waals surface area contributed by atoms with Gasteiger partial charge in [-0.15, -0.1) is 10.2 Å². The van der Waals surface area contributed by atoms with E-state index in [1.165, 1.54) is 0 Å². The maximum Gasteiger partial charge on any atom is 0.249 e. The number of halogens is 1. The molecule has 0 atom stereocenters. The van der Waals surface area contributed by atoms with Crippen LogP contribution in [0, 0.1) is 0 Å². The molecule has 5 heteroatoms. The lowest BCUT2D eigenvalue weighted by atomic mass is 9.97. The summed E-state index contributed by atoms with van der Waals surface area (Å²) in [6.45, 7) is 6.07. The van der Waals surface area contributed by atoms with E-state index in [0.29, 0.717) is 17.5 Å². The third kappa shape index (κ3) is 2.49. The Kier molecular flexibility index (Phi) is 2.95. The second kappa shape index (κ2) is 4.14. The van der Waals surface area contributed by atoms with Crippen LogP contribution in [-0.4, -0.2) is 10.2 Å². The van der Waals surface area contributed by atoms with Crippen LogP contribution < -0.4 is 5.73 Å². The van der Waals surface area contributed by atoms with Crippen molar-refractivity contribution in [1.82, 2.24) is 10.2 Å². The Labute approximate surface area is 108 Å². The van der Waals surface area contributed by atoms with Gasteiger partial charge in [-0.25, -0.2) is 0 Å². The van der Waals surface area contributed by atoms with E-state index in [1.807, 2.05) is 39.0 Å². The van der Waals surface area contributed by atoms with Crippen molar-refractivity contribution in [3.8, 4) is 11.5 Å². The maximum absolute atomic E-state index is 5.91. The van der Waals surface area contributed by atoms with Crippen molar-refractivity contribution < 1.29 is 4.42 Å². The van der Waals surface area contributed by atoms with E-state index >= 15 is 0 Å². The van der Waals surface area contributed by atoms with E-state index in [9.17, 15) is 0 Å². The fourth-order valence-electron chi connectivity index (χ4n) is 1.36. The van der Waals surface area contributed by atoms with E-state index < -0.39 is 0 Å². The van der Waals surface area contributed by atoms with Crippen molar-refractivity contribution in [2.45, 2.75) is 26.2 Å². The van der Waals surface area contributed by atoms with Crippen LogP contribution in [0.25, 0.3) is 11.5 Å². The number of nitrogen functional groups attached to an aromatic ring is 1. The summed E-state index contributed by atoms with van der Waals surface area (Å²) < 4.78 is 6.56. The van der Waals surface area contributed by atoms with Crippen LogP contribution >= 0.6 is 15.9 Å². The van der Waals surface area contributed by atoms with Gasteiger partial charge >= 0.3 is 0 Å². The molecule has 0 bridgehead atoms. The Hall–Kier alpha value is -1.36. The Morgan fingerprint density at radius 1 is 1.24 bits per heavy atom. The van der Waals surface area contributed by atoms with Crippen LogP contribution in [0.2, 0.25) is 0 Å². The minimum Gasteiger partial charge on any atom is -0.420 e. The summed E-state index contributed by atoms with van der Waals surface area (Å²) in [5.41, 5.74) is 7.13. The van der Waals surface area contributed by atoms with Crippen molar-refractivity contribution in [3.05, 3.63) is 28.6 Å². The van der Waals surface area contributed by atoms with Gasteiger partial charge < -0.3 is 10.2 Å². The van der Waals surface area contributed by atoms with Gasteiger partial charge in [-0.05, 0) is 18.2 Å². The molecule has 2 N–H and O–H groups in total. The number of anilines is 1. The molecule has 0 fully saturated rings. The Balaban J connectivity index is 2.44. The second-order valence-corrected chi connectivity index (χ2v) is 5.81. The molecular formula is C12H14BrN3O. The normalized spacial score (nSPS) is 11.8. The summed E-state index contributed by atoms with van der Waals surface area (Å²) in [6.07, 6.45) is 0. The highest BCUT2D eigenvalue weighted by Gasteiger charge is 2.22. The quantitative estimate of drug-likeness (QED) is 0.819. The predicted octanol–water partition coefficient (Wildman–Crippen LogP) is 3.38. The number of nitrogens with zero attached hydrogens (tertiary/aromatic N) is 2. The first-order chi connectivity index (χ1) is 7.88. The van der Waals surface area contributed by atoms with Crippen molar-refractivity contribution >= 4 is 21.6 Å². The molecule has 2 aromatic rings. The molecule has 0 spiro atoms. The van der Waals surface area contributed by atoms with E-state index in [4.69, 9.17) is 10.2 Å². The minimum atomic E-state index is -0.157. The molecule has 0 aliphatic carbocycles. The molecule has 1 heterocycles. The summed E-state index contributed by atoms with van der Waals surface area (Å²) in [7, 11) is 0. The zero-order chi connectivity index (χ0) is 12.6. The summed E-state index contributed by atoms with van der Waals surface area (Å²) in [5, 5.41) is 8.07. The average molecular weight is 296 g/mol. The Morgan fingerprint density at radius 3 is 2.47 bits per heavy atom. The van der Waals surface area contributed by atoms with E-state index in [0.717, 1.165) is 10.0 Å². The summed E-state index contributed by atoms with van der Waals surface area (Å²) in [6, 6.07) is 5.57. The summed E-state index contributed by atoms with van der Waals surface area (Å²) in [5.74, 6) is 1.06. The van der Waals surface area contributed by atoms with Crippen LogP contribution in [0.1, 0.15) is 26.7 Å². The van der Waals surface area contributed by atoms with Crippen LogP contribution in [0.5, 0.6) is 0 Å². The highest BCUT2D eigenvalue weighted by atomic mass is 79.9. The lowest BCUT2D eigenvalue weighted by Gasteiger charge is -2.11. The fraction of sp³-hybridized carbons (Fsp3) is 0.333. The van der Waals surface area contributed by atoms with Gasteiger partial charge in [-0.2, -0.15) is 0 Å². The number of aromatic nitrogens is 2. The molecule has 17 heavy (non-hydrogen) atoms. The van der Waals surface area contributed by atoms with Gasteiger partial charge in [0.15, 0.2) is 0 Å². The third-order valence-electron chi connectivity index (χ3n) is 2.31. The number of hydrogen-bond donors (Lipinski definition) is 1. The van der Waals surface area contributed by atoms with Gasteiger partial charge in [-0.3, -0.25) is 0 Å². The standard InChI is InChI=1S/C12H14BrN3O/c1-12(2,3)11-16-15-10(17-11)8-5-4-7(13)6-9(8)14/h4-6H,14H2,1-3H3. The largest absolute Gasteiger partial charge is 0.420 e. The van der Waals surface area contributed by atoms with Gasteiger partial charge in [0.25, 0.3) is 0 Å². The van der Waals surface area contributed by atoms with Gasteiger partial charge in [0.05, 0.1) is 5.56 Å². The summed E-state index contributed by atoms with van der Waals surface area (Å²) >= 11 is 3.36. The SMILES string of the molecule is CC(C)(C)c1nnc(-c2ccc(Br)cc2N)o1. The zero-order valence-electron chi connectivity index (χ0n) is 9.99. The van der Waals surface area contributed by atoms with Gasteiger partial charge in [0, 0.05) is 15.6 Å². The highest BCUT2D eigenvalue weighted by Crippen LogP contribution is 2.30. The van der Waals surface area contributed by atoms with E-state index in [2.05, 4.69) is 26.1 Å². The smallest absolute Gasteiger partial charge is 0.249 e. The molecule has 1 aromatic carbocycles. The first kappa shape index (κ1) is 12.1. The van der Waals surface area contributed by atoms with Crippen molar-refractivity contribution in [2.75, 3.05) is 5.73 Å². The minimum absolute atomic E-state index is 0.157. The monoisotopic (exact) mass is 295 g/mol. The second-order valence-electron chi connectivity index (χ2n) is 4.89. The third-order valence-corrected chi connectivity index (χ3v) is 2.80. The molecule has 0 saturated carbocycles. The lowest BCUT2D eigenvalue weighted by molar-refractivity contribution is 0.399. The molecule has 0 aliphatic heterocycles. The first-order valence-electron chi connectivity index (χ1n) is 5.27. The Bertz CT molecular complexity index is 543. The molecule has 90 valence electrons. The van der Waals surface area contributed by atoms with Crippen molar-refractivity contribution in [3.63, 3.8) is 0 Å². The van der Waals surface area contributed by atoms with Crippen LogP contribution in [0.15, 0.2) is 27.1 Å². The molecule has 1 aromatic heterocycles. The van der Waals surface area contributed by atoms with Crippen molar-refractivity contribution in [2.24, 2.45) is 0 Å². The number of hydrogen-bond acceptors (Lipinski definition) is 4. The maximum atomic E-state index is 5.91. The van der Waals surface area contributed by atoms with E-state index in [1.54, 1.807) is 0 Å². The lowest BCUT2D eigenvalue weighted by Crippen LogP contribution is -2.11. The number of benzene rings is 1. The number of nitrogens with two attached hydrogens (primary N) is 1. The molecule has 0 radical (unpaired) electrons. The molecular weight excluding hydrogens is 282 g/mol. The van der Waals surface area contributed by atoms with Gasteiger partial charge in [0.2, 0.25) is 11.8 Å². The predicted molar refractivity (Wildman–Crippen MR) is 70.5 cm³/mol.